The lowest BCUT2D eigenvalue weighted by Gasteiger charge is -2.48. The molecule has 3 nitrogen and oxygen atoms in total. The molecule has 1 aliphatic carbocycles. The number of piperidine rings is 1. The first-order valence-electron chi connectivity index (χ1n) is 9.06. The molecule has 1 heterocycles. The zero-order valence-corrected chi connectivity index (χ0v) is 14.2. The molecule has 1 aliphatic heterocycles. The van der Waals surface area contributed by atoms with E-state index in [0.29, 0.717) is 11.9 Å². The van der Waals surface area contributed by atoms with Crippen molar-refractivity contribution in [2.24, 2.45) is 23.5 Å². The van der Waals surface area contributed by atoms with Crippen LogP contribution in [-0.2, 0) is 4.79 Å². The zero-order valence-electron chi connectivity index (χ0n) is 14.2. The van der Waals surface area contributed by atoms with Crippen LogP contribution in [0.1, 0.15) is 72.1 Å². The van der Waals surface area contributed by atoms with Crippen molar-refractivity contribution in [2.45, 2.75) is 84.2 Å². The van der Waals surface area contributed by atoms with E-state index in [0.717, 1.165) is 37.6 Å². The van der Waals surface area contributed by atoms with Crippen LogP contribution in [0.25, 0.3) is 0 Å². The zero-order chi connectivity index (χ0) is 15.4. The summed E-state index contributed by atoms with van der Waals surface area (Å²) < 4.78 is 0. The maximum absolute atomic E-state index is 12.8. The van der Waals surface area contributed by atoms with E-state index in [-0.39, 0.29) is 12.0 Å². The SMILES string of the molecule is CC(N)CCCC(C)C(=O)N1CCC(C)C2CCCCC21. The fourth-order valence-corrected chi connectivity index (χ4v) is 4.34. The van der Waals surface area contributed by atoms with Crippen molar-refractivity contribution in [1.82, 2.24) is 4.90 Å². The average molecular weight is 294 g/mol. The molecule has 0 bridgehead atoms. The van der Waals surface area contributed by atoms with Gasteiger partial charge in [-0.25, -0.2) is 0 Å². The molecule has 2 N–H and O–H groups in total. The van der Waals surface area contributed by atoms with Gasteiger partial charge in [0.1, 0.15) is 0 Å². The monoisotopic (exact) mass is 294 g/mol. The van der Waals surface area contributed by atoms with Crippen LogP contribution >= 0.6 is 0 Å². The Kier molecular flexibility index (Phi) is 6.09. The van der Waals surface area contributed by atoms with Crippen LogP contribution in [0, 0.1) is 17.8 Å². The van der Waals surface area contributed by atoms with Crippen LogP contribution in [0.15, 0.2) is 0 Å². The minimum Gasteiger partial charge on any atom is -0.339 e. The maximum Gasteiger partial charge on any atom is 0.225 e. The molecule has 2 rings (SSSR count). The molecule has 5 unspecified atom stereocenters. The van der Waals surface area contributed by atoms with E-state index in [9.17, 15) is 4.79 Å². The Balaban J connectivity index is 1.91. The van der Waals surface area contributed by atoms with Gasteiger partial charge in [0.25, 0.3) is 0 Å². The summed E-state index contributed by atoms with van der Waals surface area (Å²) in [4.78, 5) is 15.1. The van der Waals surface area contributed by atoms with Gasteiger partial charge in [0.05, 0.1) is 0 Å². The van der Waals surface area contributed by atoms with Crippen LogP contribution in [0.5, 0.6) is 0 Å². The summed E-state index contributed by atoms with van der Waals surface area (Å²) in [5, 5.41) is 0. The van der Waals surface area contributed by atoms with Crippen LogP contribution in [0.3, 0.4) is 0 Å². The Hall–Kier alpha value is -0.570. The van der Waals surface area contributed by atoms with Crippen molar-refractivity contribution in [3.05, 3.63) is 0 Å². The third kappa shape index (κ3) is 4.21. The lowest BCUT2D eigenvalue weighted by atomic mass is 9.72. The van der Waals surface area contributed by atoms with E-state index in [2.05, 4.69) is 18.7 Å². The van der Waals surface area contributed by atoms with Crippen molar-refractivity contribution >= 4 is 5.91 Å². The van der Waals surface area contributed by atoms with Gasteiger partial charge >= 0.3 is 0 Å². The van der Waals surface area contributed by atoms with Gasteiger partial charge in [0.15, 0.2) is 0 Å². The summed E-state index contributed by atoms with van der Waals surface area (Å²) >= 11 is 0. The van der Waals surface area contributed by atoms with Gasteiger partial charge < -0.3 is 10.6 Å². The van der Waals surface area contributed by atoms with Gasteiger partial charge in [-0.05, 0) is 50.9 Å². The topological polar surface area (TPSA) is 46.3 Å². The number of hydrogen-bond donors (Lipinski definition) is 1. The Bertz CT molecular complexity index is 342. The second-order valence-corrected chi connectivity index (χ2v) is 7.62. The first-order chi connectivity index (χ1) is 10.0. The lowest BCUT2D eigenvalue weighted by Crippen LogP contribution is -2.53. The summed E-state index contributed by atoms with van der Waals surface area (Å²) in [5.41, 5.74) is 5.80. The quantitative estimate of drug-likeness (QED) is 0.842. The first-order valence-corrected chi connectivity index (χ1v) is 9.06. The second-order valence-electron chi connectivity index (χ2n) is 7.62. The van der Waals surface area contributed by atoms with E-state index < -0.39 is 0 Å². The van der Waals surface area contributed by atoms with E-state index in [4.69, 9.17) is 5.73 Å². The third-order valence-electron chi connectivity index (χ3n) is 5.74. The molecule has 2 aliphatic rings. The van der Waals surface area contributed by atoms with Gasteiger partial charge in [-0.15, -0.1) is 0 Å². The number of nitrogens with two attached hydrogens (primary N) is 1. The summed E-state index contributed by atoms with van der Waals surface area (Å²) in [6, 6.07) is 0.789. The van der Waals surface area contributed by atoms with Crippen molar-refractivity contribution in [1.29, 1.82) is 0 Å². The number of amides is 1. The number of fused-ring (bicyclic) bond motifs is 1. The molecule has 1 saturated carbocycles. The third-order valence-corrected chi connectivity index (χ3v) is 5.74. The van der Waals surface area contributed by atoms with Crippen LogP contribution in [0.4, 0.5) is 0 Å². The molecule has 21 heavy (non-hydrogen) atoms. The van der Waals surface area contributed by atoms with Crippen LogP contribution in [-0.4, -0.2) is 29.4 Å². The molecule has 1 saturated heterocycles. The highest BCUT2D eigenvalue weighted by atomic mass is 16.2. The summed E-state index contributed by atoms with van der Waals surface area (Å²) in [6.07, 6.45) is 9.50. The highest BCUT2D eigenvalue weighted by molar-refractivity contribution is 5.79. The Morgan fingerprint density at radius 3 is 2.62 bits per heavy atom. The van der Waals surface area contributed by atoms with Gasteiger partial charge in [-0.1, -0.05) is 33.1 Å². The van der Waals surface area contributed by atoms with Gasteiger partial charge in [-0.2, -0.15) is 0 Å². The highest BCUT2D eigenvalue weighted by Crippen LogP contribution is 2.39. The number of carbonyl (C=O) groups is 1. The highest BCUT2D eigenvalue weighted by Gasteiger charge is 2.40. The van der Waals surface area contributed by atoms with E-state index in [1.165, 1.54) is 32.1 Å². The number of hydrogen-bond acceptors (Lipinski definition) is 2. The smallest absolute Gasteiger partial charge is 0.225 e. The largest absolute Gasteiger partial charge is 0.339 e. The second kappa shape index (κ2) is 7.62. The van der Waals surface area contributed by atoms with Gasteiger partial charge in [0, 0.05) is 24.5 Å². The normalized spacial score (nSPS) is 32.4. The van der Waals surface area contributed by atoms with E-state index in [1.807, 2.05) is 6.92 Å². The molecule has 2 fully saturated rings. The molecule has 0 radical (unpaired) electrons. The summed E-state index contributed by atoms with van der Waals surface area (Å²) in [7, 11) is 0. The van der Waals surface area contributed by atoms with Crippen LogP contribution < -0.4 is 5.73 Å². The molecular weight excluding hydrogens is 260 g/mol. The summed E-state index contributed by atoms with van der Waals surface area (Å²) in [6.45, 7) is 7.53. The minimum atomic E-state index is 0.166. The Labute approximate surface area is 130 Å². The number of nitrogens with zero attached hydrogens (tertiary/aromatic N) is 1. The molecule has 122 valence electrons. The molecule has 0 aromatic heterocycles. The molecule has 3 heteroatoms. The van der Waals surface area contributed by atoms with E-state index >= 15 is 0 Å². The molecule has 0 aromatic rings. The fraction of sp³-hybridized carbons (Fsp3) is 0.944. The van der Waals surface area contributed by atoms with E-state index in [1.54, 1.807) is 0 Å². The van der Waals surface area contributed by atoms with Crippen LogP contribution in [0.2, 0.25) is 0 Å². The summed E-state index contributed by atoms with van der Waals surface area (Å²) in [5.74, 6) is 2.13. The van der Waals surface area contributed by atoms with Crippen molar-refractivity contribution in [3.63, 3.8) is 0 Å². The fourth-order valence-electron chi connectivity index (χ4n) is 4.34. The number of carbonyl (C=O) groups excluding carboxylic acids is 1. The first kappa shape index (κ1) is 16.8. The Morgan fingerprint density at radius 2 is 1.90 bits per heavy atom. The molecule has 1 amide bonds. The molecule has 0 spiro atoms. The predicted molar refractivity (Wildman–Crippen MR) is 87.9 cm³/mol. The van der Waals surface area contributed by atoms with Crippen molar-refractivity contribution in [2.75, 3.05) is 6.54 Å². The standard InChI is InChI=1S/C18H34N2O/c1-13-11-12-20(17-10-5-4-9-16(13)17)18(21)14(2)7-6-8-15(3)19/h13-17H,4-12,19H2,1-3H3. The lowest BCUT2D eigenvalue weighted by molar-refractivity contribution is -0.143. The molecule has 0 aromatic carbocycles. The maximum atomic E-state index is 12.8. The molecule has 5 atom stereocenters. The van der Waals surface area contributed by atoms with Crippen molar-refractivity contribution < 1.29 is 4.79 Å². The van der Waals surface area contributed by atoms with Gasteiger partial charge in [0.2, 0.25) is 5.91 Å². The van der Waals surface area contributed by atoms with Crippen molar-refractivity contribution in [3.8, 4) is 0 Å². The average Bonchev–Trinajstić information content (AvgIpc) is 2.47. The number of rotatable bonds is 5. The Morgan fingerprint density at radius 1 is 1.19 bits per heavy atom. The number of likely N-dealkylation sites (tertiary alicyclic amines) is 1. The molecular formula is C18H34N2O. The van der Waals surface area contributed by atoms with Gasteiger partial charge in [-0.3, -0.25) is 4.79 Å². The predicted octanol–water partition coefficient (Wildman–Crippen LogP) is 3.57. The minimum absolute atomic E-state index is 0.166.